The van der Waals surface area contributed by atoms with Crippen molar-refractivity contribution in [3.8, 4) is 11.8 Å². The van der Waals surface area contributed by atoms with Crippen LogP contribution >= 0.6 is 23.2 Å². The highest BCUT2D eigenvalue weighted by atomic mass is 35.5. The molecule has 1 unspecified atom stereocenters. The molecule has 1 fully saturated rings. The van der Waals surface area contributed by atoms with Gasteiger partial charge in [-0.25, -0.2) is 0 Å². The highest BCUT2D eigenvalue weighted by Crippen LogP contribution is 2.27. The van der Waals surface area contributed by atoms with E-state index in [1.807, 2.05) is 13.8 Å². The smallest absolute Gasteiger partial charge is 0.260 e. The second kappa shape index (κ2) is 8.57. The first-order valence-electron chi connectivity index (χ1n) is 7.91. The van der Waals surface area contributed by atoms with E-state index in [9.17, 15) is 10.1 Å². The highest BCUT2D eigenvalue weighted by molar-refractivity contribution is 6.34. The van der Waals surface area contributed by atoms with E-state index in [1.165, 1.54) is 0 Å². The second-order valence-electron chi connectivity index (χ2n) is 6.10. The third-order valence-electron chi connectivity index (χ3n) is 4.07. The molecular weight excluding hydrogens is 349 g/mol. The minimum atomic E-state index is -0.108. The molecule has 1 aliphatic rings. The van der Waals surface area contributed by atoms with E-state index in [1.54, 1.807) is 23.1 Å². The number of nitrogens with zero attached hydrogens (tertiary/aromatic N) is 3. The van der Waals surface area contributed by atoms with Crippen molar-refractivity contribution < 1.29 is 9.53 Å². The monoisotopic (exact) mass is 369 g/mol. The third kappa shape index (κ3) is 4.76. The second-order valence-corrected chi connectivity index (χ2v) is 6.94. The Morgan fingerprint density at radius 2 is 1.96 bits per heavy atom. The minimum Gasteiger partial charge on any atom is -0.482 e. The van der Waals surface area contributed by atoms with Crippen molar-refractivity contribution in [1.29, 1.82) is 5.26 Å². The normalized spacial score (nSPS) is 16.8. The highest BCUT2D eigenvalue weighted by Gasteiger charge is 2.27. The Balaban J connectivity index is 1.85. The largest absolute Gasteiger partial charge is 0.482 e. The molecular formula is C17H21Cl2N3O2. The fourth-order valence-electron chi connectivity index (χ4n) is 2.72. The number of nitriles is 1. The lowest BCUT2D eigenvalue weighted by Gasteiger charge is -2.38. The van der Waals surface area contributed by atoms with Crippen LogP contribution in [0.1, 0.15) is 13.8 Å². The number of carbonyl (C=O) groups excluding carboxylic acids is 1. The molecule has 1 atom stereocenters. The maximum absolute atomic E-state index is 12.3. The zero-order valence-electron chi connectivity index (χ0n) is 13.8. The first-order valence-corrected chi connectivity index (χ1v) is 8.67. The Morgan fingerprint density at radius 3 is 2.54 bits per heavy atom. The number of hydrogen-bond acceptors (Lipinski definition) is 4. The summed E-state index contributed by atoms with van der Waals surface area (Å²) < 4.78 is 5.49. The molecule has 5 nitrogen and oxygen atoms in total. The van der Waals surface area contributed by atoms with Crippen molar-refractivity contribution in [3.05, 3.63) is 28.2 Å². The van der Waals surface area contributed by atoms with Crippen LogP contribution in [0.2, 0.25) is 10.0 Å². The summed E-state index contributed by atoms with van der Waals surface area (Å²) in [5.74, 6) is 0.579. The van der Waals surface area contributed by atoms with Gasteiger partial charge in [-0.3, -0.25) is 9.69 Å². The predicted molar refractivity (Wildman–Crippen MR) is 94.3 cm³/mol. The summed E-state index contributed by atoms with van der Waals surface area (Å²) in [6, 6.07) is 7.13. The maximum Gasteiger partial charge on any atom is 0.260 e. The van der Waals surface area contributed by atoms with Crippen LogP contribution in [-0.4, -0.2) is 54.5 Å². The molecule has 1 saturated heterocycles. The van der Waals surface area contributed by atoms with Crippen molar-refractivity contribution in [2.75, 3.05) is 32.8 Å². The first kappa shape index (κ1) is 18.9. The van der Waals surface area contributed by atoms with Gasteiger partial charge in [0, 0.05) is 37.3 Å². The molecule has 0 aromatic heterocycles. The number of rotatable bonds is 5. The summed E-state index contributed by atoms with van der Waals surface area (Å²) in [5.41, 5.74) is 0. The molecule has 24 heavy (non-hydrogen) atoms. The van der Waals surface area contributed by atoms with Crippen LogP contribution in [0.25, 0.3) is 0 Å². The number of benzene rings is 1. The molecule has 0 spiro atoms. The van der Waals surface area contributed by atoms with Crippen molar-refractivity contribution in [2.45, 2.75) is 19.9 Å². The number of hydrogen-bond donors (Lipinski definition) is 0. The summed E-state index contributed by atoms with van der Waals surface area (Å²) in [6.45, 7) is 6.57. The molecule has 1 heterocycles. The summed E-state index contributed by atoms with van der Waals surface area (Å²) >= 11 is 11.9. The molecule has 1 aliphatic heterocycles. The first-order chi connectivity index (χ1) is 11.4. The van der Waals surface area contributed by atoms with E-state index in [2.05, 4.69) is 11.0 Å². The summed E-state index contributed by atoms with van der Waals surface area (Å²) in [6.07, 6.45) is 0. The number of carbonyl (C=O) groups is 1. The van der Waals surface area contributed by atoms with Crippen molar-refractivity contribution in [1.82, 2.24) is 9.80 Å². The third-order valence-corrected chi connectivity index (χ3v) is 4.62. The van der Waals surface area contributed by atoms with E-state index in [0.717, 1.165) is 0 Å². The molecule has 0 radical (unpaired) electrons. The Bertz CT molecular complexity index is 623. The van der Waals surface area contributed by atoms with Crippen LogP contribution in [0.3, 0.4) is 0 Å². The van der Waals surface area contributed by atoms with Gasteiger partial charge >= 0.3 is 0 Å². The zero-order valence-corrected chi connectivity index (χ0v) is 15.3. The standard InChI is InChI=1S/C17H21Cl2N3O2/c1-12(2)15(10-20)21-5-7-22(8-6-21)17(23)11-24-16-9-13(18)3-4-14(16)19/h3-4,9,12,15H,5-8,11H2,1-2H3. The molecule has 2 rings (SSSR count). The van der Waals surface area contributed by atoms with Crippen molar-refractivity contribution in [2.24, 2.45) is 5.92 Å². The molecule has 1 aromatic carbocycles. The lowest BCUT2D eigenvalue weighted by molar-refractivity contribution is -0.135. The van der Waals surface area contributed by atoms with Crippen LogP contribution in [0.5, 0.6) is 5.75 Å². The Morgan fingerprint density at radius 1 is 1.29 bits per heavy atom. The van der Waals surface area contributed by atoms with E-state index in [4.69, 9.17) is 27.9 Å². The SMILES string of the molecule is CC(C)C(C#N)N1CCN(C(=O)COc2cc(Cl)ccc2Cl)CC1. The lowest BCUT2D eigenvalue weighted by Crippen LogP contribution is -2.53. The topological polar surface area (TPSA) is 56.6 Å². The molecule has 0 saturated carbocycles. The molecule has 0 N–H and O–H groups in total. The van der Waals surface area contributed by atoms with E-state index < -0.39 is 0 Å². The fraction of sp³-hybridized carbons (Fsp3) is 0.529. The van der Waals surface area contributed by atoms with Gasteiger partial charge in [0.25, 0.3) is 5.91 Å². The van der Waals surface area contributed by atoms with Crippen LogP contribution in [0.4, 0.5) is 0 Å². The van der Waals surface area contributed by atoms with Gasteiger partial charge in [-0.2, -0.15) is 5.26 Å². The van der Waals surface area contributed by atoms with Gasteiger partial charge in [0.15, 0.2) is 6.61 Å². The Hall–Kier alpha value is -1.48. The summed E-state index contributed by atoms with van der Waals surface area (Å²) in [4.78, 5) is 16.2. The number of ether oxygens (including phenoxy) is 1. The van der Waals surface area contributed by atoms with Crippen molar-refractivity contribution in [3.63, 3.8) is 0 Å². The lowest BCUT2D eigenvalue weighted by atomic mass is 10.0. The fourth-order valence-corrected chi connectivity index (χ4v) is 3.05. The van der Waals surface area contributed by atoms with E-state index in [-0.39, 0.29) is 24.5 Å². The minimum absolute atomic E-state index is 0.0775. The molecule has 1 aromatic rings. The number of amides is 1. The van der Waals surface area contributed by atoms with Crippen LogP contribution < -0.4 is 4.74 Å². The average Bonchev–Trinajstić information content (AvgIpc) is 2.56. The Kier molecular flexibility index (Phi) is 6.73. The van der Waals surface area contributed by atoms with Gasteiger partial charge in [-0.1, -0.05) is 37.0 Å². The van der Waals surface area contributed by atoms with Crippen LogP contribution in [0.15, 0.2) is 18.2 Å². The molecule has 0 bridgehead atoms. The molecule has 1 amide bonds. The molecule has 130 valence electrons. The van der Waals surface area contributed by atoms with Gasteiger partial charge in [0.2, 0.25) is 0 Å². The zero-order chi connectivity index (χ0) is 17.7. The van der Waals surface area contributed by atoms with Crippen LogP contribution in [-0.2, 0) is 4.79 Å². The van der Waals surface area contributed by atoms with Gasteiger partial charge < -0.3 is 9.64 Å². The average molecular weight is 370 g/mol. The molecule has 7 heteroatoms. The summed E-state index contributed by atoms with van der Waals surface area (Å²) in [7, 11) is 0. The van der Waals surface area contributed by atoms with E-state index >= 15 is 0 Å². The van der Waals surface area contributed by atoms with Crippen molar-refractivity contribution >= 4 is 29.1 Å². The quantitative estimate of drug-likeness (QED) is 0.800. The predicted octanol–water partition coefficient (Wildman–Crippen LogP) is 3.06. The number of halogens is 2. The molecule has 0 aliphatic carbocycles. The van der Waals surface area contributed by atoms with Gasteiger partial charge in [0.05, 0.1) is 11.1 Å². The maximum atomic E-state index is 12.3. The van der Waals surface area contributed by atoms with Gasteiger partial charge in [-0.05, 0) is 18.1 Å². The van der Waals surface area contributed by atoms with E-state index in [0.29, 0.717) is 42.0 Å². The van der Waals surface area contributed by atoms with Crippen LogP contribution in [0, 0.1) is 17.2 Å². The number of piperazine rings is 1. The van der Waals surface area contributed by atoms with Gasteiger partial charge in [0.1, 0.15) is 11.8 Å². The van der Waals surface area contributed by atoms with Gasteiger partial charge in [-0.15, -0.1) is 0 Å². The summed E-state index contributed by atoms with van der Waals surface area (Å²) in [5, 5.41) is 10.2. The Labute approximate surface area is 152 Å².